The van der Waals surface area contributed by atoms with Crippen LogP contribution in [0.1, 0.15) is 32.6 Å². The standard InChI is InChI=1S/C15H30N4O/c1-4-19-9-5-6-13(19)10-18(3)11-15(17-2,14(16)20)12-7-8-12/h12-13,17H,4-11H2,1-3H3,(H2,16,20). The van der Waals surface area contributed by atoms with Crippen LogP contribution in [0.3, 0.4) is 0 Å². The maximum Gasteiger partial charge on any atom is 0.239 e. The molecule has 2 unspecified atom stereocenters. The zero-order chi connectivity index (χ0) is 14.8. The maximum absolute atomic E-state index is 11.9. The molecule has 1 aliphatic heterocycles. The molecule has 1 aliphatic carbocycles. The average molecular weight is 282 g/mol. The van der Waals surface area contributed by atoms with Gasteiger partial charge in [0.05, 0.1) is 0 Å². The Kier molecular flexibility index (Phi) is 5.04. The van der Waals surface area contributed by atoms with Crippen molar-refractivity contribution in [1.82, 2.24) is 15.1 Å². The van der Waals surface area contributed by atoms with Crippen molar-refractivity contribution in [2.75, 3.05) is 40.3 Å². The van der Waals surface area contributed by atoms with Crippen LogP contribution in [-0.2, 0) is 4.79 Å². The summed E-state index contributed by atoms with van der Waals surface area (Å²) < 4.78 is 0. The number of carbonyl (C=O) groups is 1. The van der Waals surface area contributed by atoms with Gasteiger partial charge in [0.1, 0.15) is 5.54 Å². The fourth-order valence-electron chi connectivity index (χ4n) is 3.76. The molecule has 5 heteroatoms. The summed E-state index contributed by atoms with van der Waals surface area (Å²) in [6, 6.07) is 0.631. The van der Waals surface area contributed by atoms with Gasteiger partial charge in [-0.3, -0.25) is 9.69 Å². The fourth-order valence-corrected chi connectivity index (χ4v) is 3.76. The number of likely N-dealkylation sites (N-methyl/N-ethyl adjacent to an activating group) is 3. The Morgan fingerprint density at radius 2 is 2.15 bits per heavy atom. The van der Waals surface area contributed by atoms with Gasteiger partial charge in [-0.15, -0.1) is 0 Å². The van der Waals surface area contributed by atoms with E-state index in [-0.39, 0.29) is 5.91 Å². The van der Waals surface area contributed by atoms with Gasteiger partial charge in [0.15, 0.2) is 0 Å². The van der Waals surface area contributed by atoms with Crippen LogP contribution >= 0.6 is 0 Å². The van der Waals surface area contributed by atoms with Gasteiger partial charge in [0.25, 0.3) is 0 Å². The first-order chi connectivity index (χ1) is 9.53. The minimum atomic E-state index is -0.537. The van der Waals surface area contributed by atoms with Gasteiger partial charge >= 0.3 is 0 Å². The first-order valence-electron chi connectivity index (χ1n) is 7.95. The molecule has 116 valence electrons. The highest BCUT2D eigenvalue weighted by Gasteiger charge is 2.49. The molecule has 2 fully saturated rings. The summed E-state index contributed by atoms with van der Waals surface area (Å²) in [6.07, 6.45) is 4.79. The molecule has 1 saturated heterocycles. The Balaban J connectivity index is 1.94. The van der Waals surface area contributed by atoms with Crippen LogP contribution in [0.5, 0.6) is 0 Å². The molecule has 1 heterocycles. The number of nitrogens with two attached hydrogens (primary N) is 1. The van der Waals surface area contributed by atoms with Gasteiger partial charge in [-0.1, -0.05) is 6.92 Å². The summed E-state index contributed by atoms with van der Waals surface area (Å²) in [7, 11) is 3.98. The van der Waals surface area contributed by atoms with E-state index in [0.29, 0.717) is 12.0 Å². The number of carbonyl (C=O) groups excluding carboxylic acids is 1. The zero-order valence-corrected chi connectivity index (χ0v) is 13.2. The lowest BCUT2D eigenvalue weighted by Crippen LogP contribution is -2.62. The quantitative estimate of drug-likeness (QED) is 0.670. The van der Waals surface area contributed by atoms with Crippen molar-refractivity contribution in [3.05, 3.63) is 0 Å². The van der Waals surface area contributed by atoms with E-state index < -0.39 is 5.54 Å². The Bertz CT molecular complexity index is 345. The SMILES string of the molecule is CCN1CCCC1CN(C)CC(NC)(C(N)=O)C1CC1. The van der Waals surface area contributed by atoms with Crippen molar-refractivity contribution in [2.45, 2.75) is 44.2 Å². The predicted octanol–water partition coefficient (Wildman–Crippen LogP) is 0.256. The minimum absolute atomic E-state index is 0.201. The van der Waals surface area contributed by atoms with Crippen LogP contribution in [-0.4, -0.2) is 67.6 Å². The molecular weight excluding hydrogens is 252 g/mol. The number of amides is 1. The highest BCUT2D eigenvalue weighted by atomic mass is 16.1. The number of likely N-dealkylation sites (tertiary alicyclic amines) is 1. The number of nitrogens with zero attached hydrogens (tertiary/aromatic N) is 2. The third-order valence-corrected chi connectivity index (χ3v) is 5.11. The smallest absolute Gasteiger partial charge is 0.239 e. The summed E-state index contributed by atoms with van der Waals surface area (Å²) in [5.41, 5.74) is 5.16. The van der Waals surface area contributed by atoms with Crippen LogP contribution in [0.25, 0.3) is 0 Å². The first kappa shape index (κ1) is 15.7. The molecule has 5 nitrogen and oxygen atoms in total. The lowest BCUT2D eigenvalue weighted by molar-refractivity contribution is -0.126. The molecule has 2 aliphatic rings. The van der Waals surface area contributed by atoms with E-state index in [0.717, 1.165) is 32.5 Å². The van der Waals surface area contributed by atoms with Crippen LogP contribution in [0.2, 0.25) is 0 Å². The Morgan fingerprint density at radius 3 is 2.65 bits per heavy atom. The van der Waals surface area contributed by atoms with E-state index in [9.17, 15) is 4.79 Å². The zero-order valence-electron chi connectivity index (χ0n) is 13.2. The van der Waals surface area contributed by atoms with Crippen LogP contribution in [0, 0.1) is 5.92 Å². The third-order valence-electron chi connectivity index (χ3n) is 5.11. The minimum Gasteiger partial charge on any atom is -0.368 e. The van der Waals surface area contributed by atoms with Crippen molar-refractivity contribution in [3.8, 4) is 0 Å². The summed E-state index contributed by atoms with van der Waals surface area (Å²) in [4.78, 5) is 16.8. The molecule has 20 heavy (non-hydrogen) atoms. The molecule has 2 atom stereocenters. The molecule has 1 amide bonds. The molecule has 3 N–H and O–H groups in total. The number of primary amides is 1. The molecule has 0 bridgehead atoms. The number of rotatable bonds is 8. The van der Waals surface area contributed by atoms with Crippen molar-refractivity contribution in [3.63, 3.8) is 0 Å². The molecular formula is C15H30N4O. The normalized spacial score (nSPS) is 26.9. The third kappa shape index (κ3) is 3.15. The Morgan fingerprint density at radius 1 is 1.45 bits per heavy atom. The Hall–Kier alpha value is -0.650. The van der Waals surface area contributed by atoms with Crippen molar-refractivity contribution in [2.24, 2.45) is 11.7 Å². The largest absolute Gasteiger partial charge is 0.368 e. The van der Waals surface area contributed by atoms with E-state index in [2.05, 4.69) is 29.1 Å². The second kappa shape index (κ2) is 6.41. The monoisotopic (exact) mass is 282 g/mol. The van der Waals surface area contributed by atoms with Crippen LogP contribution in [0.15, 0.2) is 0 Å². The van der Waals surface area contributed by atoms with Gasteiger partial charge in [0, 0.05) is 19.1 Å². The molecule has 0 spiro atoms. The molecule has 0 radical (unpaired) electrons. The van der Waals surface area contributed by atoms with Gasteiger partial charge in [0.2, 0.25) is 5.91 Å². The fraction of sp³-hybridized carbons (Fsp3) is 0.933. The van der Waals surface area contributed by atoms with E-state index in [1.807, 2.05) is 7.05 Å². The summed E-state index contributed by atoms with van der Waals surface area (Å²) >= 11 is 0. The lowest BCUT2D eigenvalue weighted by Gasteiger charge is -2.36. The average Bonchev–Trinajstić information content (AvgIpc) is 3.17. The molecule has 0 aromatic heterocycles. The van der Waals surface area contributed by atoms with Gasteiger partial charge in [-0.2, -0.15) is 0 Å². The first-order valence-corrected chi connectivity index (χ1v) is 7.95. The van der Waals surface area contributed by atoms with Crippen molar-refractivity contribution < 1.29 is 4.79 Å². The van der Waals surface area contributed by atoms with E-state index in [1.54, 1.807) is 0 Å². The van der Waals surface area contributed by atoms with E-state index >= 15 is 0 Å². The van der Waals surface area contributed by atoms with E-state index in [4.69, 9.17) is 5.73 Å². The summed E-state index contributed by atoms with van der Waals surface area (Å²) in [5.74, 6) is 0.214. The topological polar surface area (TPSA) is 61.6 Å². The summed E-state index contributed by atoms with van der Waals surface area (Å²) in [5, 5.41) is 3.23. The Labute approximate surface area is 122 Å². The lowest BCUT2D eigenvalue weighted by atomic mass is 9.91. The number of nitrogens with one attached hydrogen (secondary N) is 1. The maximum atomic E-state index is 11.9. The second-order valence-corrected chi connectivity index (χ2v) is 6.48. The molecule has 0 aromatic rings. The summed E-state index contributed by atoms with van der Waals surface area (Å²) in [6.45, 7) is 6.30. The highest BCUT2D eigenvalue weighted by Crippen LogP contribution is 2.40. The van der Waals surface area contributed by atoms with Crippen LogP contribution < -0.4 is 11.1 Å². The van der Waals surface area contributed by atoms with Gasteiger partial charge < -0.3 is 16.0 Å². The highest BCUT2D eigenvalue weighted by molar-refractivity contribution is 5.85. The number of hydrogen-bond acceptors (Lipinski definition) is 4. The van der Waals surface area contributed by atoms with Gasteiger partial charge in [-0.05, 0) is 58.8 Å². The molecule has 0 aromatic carbocycles. The van der Waals surface area contributed by atoms with Crippen molar-refractivity contribution in [1.29, 1.82) is 0 Å². The van der Waals surface area contributed by atoms with Gasteiger partial charge in [-0.25, -0.2) is 0 Å². The second-order valence-electron chi connectivity index (χ2n) is 6.48. The van der Waals surface area contributed by atoms with Crippen LogP contribution in [0.4, 0.5) is 0 Å². The van der Waals surface area contributed by atoms with E-state index in [1.165, 1.54) is 19.4 Å². The predicted molar refractivity (Wildman–Crippen MR) is 81.5 cm³/mol. The molecule has 1 saturated carbocycles. The molecule has 2 rings (SSSR count). The number of hydrogen-bond donors (Lipinski definition) is 2. The van der Waals surface area contributed by atoms with Crippen molar-refractivity contribution >= 4 is 5.91 Å².